The van der Waals surface area contributed by atoms with Crippen LogP contribution in [0.4, 0.5) is 5.69 Å². The number of aliphatic hydroxyl groups excluding tert-OH is 1. The highest BCUT2D eigenvalue weighted by Crippen LogP contribution is 2.16. The molecule has 0 heterocycles. The largest absolute Gasteiger partial charge is 0.515 e. The summed E-state index contributed by atoms with van der Waals surface area (Å²) in [5, 5.41) is 8.92. The summed E-state index contributed by atoms with van der Waals surface area (Å²) >= 11 is 0. The van der Waals surface area contributed by atoms with Gasteiger partial charge in [-0.1, -0.05) is 18.2 Å². The second kappa shape index (κ2) is 6.48. The molecule has 17 heavy (non-hydrogen) atoms. The van der Waals surface area contributed by atoms with Crippen LogP contribution in [0.2, 0.25) is 0 Å². The van der Waals surface area contributed by atoms with E-state index in [2.05, 4.69) is 4.99 Å². The minimum Gasteiger partial charge on any atom is -0.515 e. The van der Waals surface area contributed by atoms with Crippen LogP contribution < -0.4 is 0 Å². The van der Waals surface area contributed by atoms with Gasteiger partial charge in [-0.15, -0.1) is 0 Å². The Morgan fingerprint density at radius 3 is 2.76 bits per heavy atom. The first-order valence-electron chi connectivity index (χ1n) is 5.30. The van der Waals surface area contributed by atoms with Crippen molar-refractivity contribution >= 4 is 17.9 Å². The molecule has 1 rings (SSSR count). The third-order valence-electron chi connectivity index (χ3n) is 2.11. The van der Waals surface area contributed by atoms with Gasteiger partial charge in [0.25, 0.3) is 0 Å². The second-order valence-corrected chi connectivity index (χ2v) is 3.35. The van der Waals surface area contributed by atoms with Crippen LogP contribution >= 0.6 is 0 Å². The van der Waals surface area contributed by atoms with Gasteiger partial charge in [0.05, 0.1) is 18.6 Å². The molecule has 0 amide bonds. The fraction of sp³-hybridized carbons (Fsp3) is 0.231. The summed E-state index contributed by atoms with van der Waals surface area (Å²) in [6, 6.07) is 7.50. The Kier molecular flexibility index (Phi) is 4.94. The van der Waals surface area contributed by atoms with Crippen LogP contribution in [0.25, 0.3) is 0 Å². The van der Waals surface area contributed by atoms with Crippen LogP contribution in [0.3, 0.4) is 0 Å². The highest BCUT2D eigenvalue weighted by Gasteiger charge is 2.07. The molecule has 0 atom stereocenters. The Labute approximate surface area is 100 Å². The van der Waals surface area contributed by atoms with Gasteiger partial charge in [0.2, 0.25) is 0 Å². The number of para-hydroxylation sites is 1. The molecule has 90 valence electrons. The predicted octanol–water partition coefficient (Wildman–Crippen LogP) is 2.70. The van der Waals surface area contributed by atoms with Crippen molar-refractivity contribution in [3.05, 3.63) is 41.7 Å². The van der Waals surface area contributed by atoms with Gasteiger partial charge < -0.3 is 9.84 Å². The predicted molar refractivity (Wildman–Crippen MR) is 66.7 cm³/mol. The molecule has 0 saturated carbocycles. The minimum absolute atomic E-state index is 0.0232. The molecule has 0 saturated heterocycles. The van der Waals surface area contributed by atoms with E-state index in [0.29, 0.717) is 6.26 Å². The summed E-state index contributed by atoms with van der Waals surface area (Å²) in [6.07, 6.45) is 1.99. The summed E-state index contributed by atoms with van der Waals surface area (Å²) in [7, 11) is 0. The second-order valence-electron chi connectivity index (χ2n) is 3.35. The summed E-state index contributed by atoms with van der Waals surface area (Å²) in [6.45, 7) is 3.87. The Bertz CT molecular complexity index is 450. The topological polar surface area (TPSA) is 58.9 Å². The zero-order valence-corrected chi connectivity index (χ0v) is 9.88. The summed E-state index contributed by atoms with van der Waals surface area (Å²) in [4.78, 5) is 15.5. The Balaban J connectivity index is 2.83. The van der Waals surface area contributed by atoms with Gasteiger partial charge >= 0.3 is 5.97 Å². The van der Waals surface area contributed by atoms with Crippen LogP contribution in [0.1, 0.15) is 12.5 Å². The number of hydrogen-bond acceptors (Lipinski definition) is 4. The molecule has 0 fully saturated rings. The molecule has 0 aliphatic rings. The number of esters is 1. The Hall–Kier alpha value is -2.10. The molecule has 4 nitrogen and oxygen atoms in total. The lowest BCUT2D eigenvalue weighted by molar-refractivity contribution is -0.137. The van der Waals surface area contributed by atoms with Crippen molar-refractivity contribution in [1.82, 2.24) is 0 Å². The summed E-state index contributed by atoms with van der Waals surface area (Å²) in [5.74, 6) is -0.590. The molecule has 1 aromatic rings. The van der Waals surface area contributed by atoms with E-state index in [-0.39, 0.29) is 12.2 Å². The number of nitrogens with zero attached hydrogens (tertiary/aromatic N) is 1. The normalized spacial score (nSPS) is 11.8. The van der Waals surface area contributed by atoms with Crippen molar-refractivity contribution in [3.8, 4) is 0 Å². The van der Waals surface area contributed by atoms with Crippen LogP contribution in [-0.2, 0) is 9.53 Å². The molecule has 0 radical (unpaired) electrons. The first-order chi connectivity index (χ1) is 8.19. The lowest BCUT2D eigenvalue weighted by Crippen LogP contribution is -2.08. The number of benzene rings is 1. The quantitative estimate of drug-likeness (QED) is 0.376. The number of hydrogen-bond donors (Lipinski definition) is 1. The molecule has 0 unspecified atom stereocenters. The van der Waals surface area contributed by atoms with E-state index >= 15 is 0 Å². The Morgan fingerprint density at radius 2 is 2.18 bits per heavy atom. The van der Waals surface area contributed by atoms with Gasteiger partial charge in [0, 0.05) is 6.21 Å². The molecule has 4 heteroatoms. The monoisotopic (exact) mass is 233 g/mol. The molecular weight excluding hydrogens is 218 g/mol. The van der Waals surface area contributed by atoms with E-state index in [1.54, 1.807) is 6.92 Å². The number of carbonyl (C=O) groups is 1. The maximum absolute atomic E-state index is 11.3. The van der Waals surface area contributed by atoms with Gasteiger partial charge in [-0.2, -0.15) is 0 Å². The zero-order chi connectivity index (χ0) is 12.7. The van der Waals surface area contributed by atoms with Crippen LogP contribution in [0.5, 0.6) is 0 Å². The van der Waals surface area contributed by atoms with E-state index in [4.69, 9.17) is 9.84 Å². The highest BCUT2D eigenvalue weighted by atomic mass is 16.5. The minimum atomic E-state index is -0.590. The number of ether oxygens (including phenoxy) is 1. The molecule has 1 aromatic carbocycles. The summed E-state index contributed by atoms with van der Waals surface area (Å²) < 4.78 is 4.76. The fourth-order valence-electron chi connectivity index (χ4n) is 1.20. The fourth-order valence-corrected chi connectivity index (χ4v) is 1.20. The van der Waals surface area contributed by atoms with Crippen molar-refractivity contribution in [1.29, 1.82) is 0 Å². The van der Waals surface area contributed by atoms with Gasteiger partial charge in [-0.25, -0.2) is 4.79 Å². The van der Waals surface area contributed by atoms with Gasteiger partial charge in [-0.05, 0) is 25.5 Å². The van der Waals surface area contributed by atoms with Crippen molar-refractivity contribution in [2.24, 2.45) is 4.99 Å². The average Bonchev–Trinajstić information content (AvgIpc) is 2.32. The van der Waals surface area contributed by atoms with Crippen molar-refractivity contribution < 1.29 is 14.6 Å². The van der Waals surface area contributed by atoms with E-state index in [1.807, 2.05) is 31.2 Å². The number of rotatable bonds is 4. The first-order valence-corrected chi connectivity index (χ1v) is 5.30. The molecule has 0 aliphatic carbocycles. The van der Waals surface area contributed by atoms with Gasteiger partial charge in [-0.3, -0.25) is 4.99 Å². The van der Waals surface area contributed by atoms with Crippen LogP contribution in [0.15, 0.2) is 41.1 Å². The SMILES string of the molecule is CCOC(=O)/C(C=Nc1ccccc1C)=C\O. The average molecular weight is 233 g/mol. The van der Waals surface area contributed by atoms with E-state index in [1.165, 1.54) is 6.21 Å². The third-order valence-corrected chi connectivity index (χ3v) is 2.11. The smallest absolute Gasteiger partial charge is 0.342 e. The molecular formula is C13H15NO3. The highest BCUT2D eigenvalue weighted by molar-refractivity contribution is 6.09. The number of aliphatic imine (C=N–C) groups is 1. The number of aliphatic hydroxyl groups is 1. The lowest BCUT2D eigenvalue weighted by Gasteiger charge is -2.01. The van der Waals surface area contributed by atoms with E-state index in [9.17, 15) is 4.79 Å². The van der Waals surface area contributed by atoms with E-state index < -0.39 is 5.97 Å². The summed E-state index contributed by atoms with van der Waals surface area (Å²) in [5.41, 5.74) is 1.76. The van der Waals surface area contributed by atoms with Crippen LogP contribution in [0, 0.1) is 6.92 Å². The van der Waals surface area contributed by atoms with E-state index in [0.717, 1.165) is 11.3 Å². The first kappa shape index (κ1) is 13.0. The van der Waals surface area contributed by atoms with Crippen molar-refractivity contribution in [2.75, 3.05) is 6.61 Å². The van der Waals surface area contributed by atoms with Gasteiger partial charge in [0.1, 0.15) is 5.57 Å². The molecule has 1 N–H and O–H groups in total. The lowest BCUT2D eigenvalue weighted by atomic mass is 10.2. The number of carbonyl (C=O) groups excluding carboxylic acids is 1. The number of aryl methyl sites for hydroxylation is 1. The molecule has 0 bridgehead atoms. The maximum Gasteiger partial charge on any atom is 0.342 e. The maximum atomic E-state index is 11.3. The van der Waals surface area contributed by atoms with Crippen molar-refractivity contribution in [2.45, 2.75) is 13.8 Å². The molecule has 0 aromatic heterocycles. The standard InChI is InChI=1S/C13H15NO3/c1-3-17-13(16)11(9-15)8-14-12-7-5-4-6-10(12)2/h4-9,15H,3H2,1-2H3/b11-9-,14-8?. The van der Waals surface area contributed by atoms with Crippen molar-refractivity contribution in [3.63, 3.8) is 0 Å². The van der Waals surface area contributed by atoms with Crippen LogP contribution in [-0.4, -0.2) is 23.9 Å². The zero-order valence-electron chi connectivity index (χ0n) is 9.88. The third kappa shape index (κ3) is 3.75. The van der Waals surface area contributed by atoms with Gasteiger partial charge in [0.15, 0.2) is 0 Å². The molecule has 0 spiro atoms. The molecule has 0 aliphatic heterocycles. The Morgan fingerprint density at radius 1 is 1.47 bits per heavy atom.